The molecule has 0 spiro atoms. The number of benzene rings is 2. The van der Waals surface area contributed by atoms with Gasteiger partial charge in [-0.15, -0.1) is 0 Å². The fourth-order valence-corrected chi connectivity index (χ4v) is 2.98. The van der Waals surface area contributed by atoms with Gasteiger partial charge in [-0.05, 0) is 30.0 Å². The third kappa shape index (κ3) is 3.93. The molecule has 0 bridgehead atoms. The van der Waals surface area contributed by atoms with E-state index in [1.807, 2.05) is 36.4 Å². The van der Waals surface area contributed by atoms with Crippen molar-refractivity contribution in [2.75, 3.05) is 6.54 Å². The van der Waals surface area contributed by atoms with Gasteiger partial charge >= 0.3 is 0 Å². The quantitative estimate of drug-likeness (QED) is 0.816. The predicted octanol–water partition coefficient (Wildman–Crippen LogP) is 3.55. The summed E-state index contributed by atoms with van der Waals surface area (Å²) in [4.78, 5) is 0. The number of nitrogens with two attached hydrogens (primary N) is 1. The van der Waals surface area contributed by atoms with Gasteiger partial charge in [0.2, 0.25) is 0 Å². The summed E-state index contributed by atoms with van der Waals surface area (Å²) in [6, 6.07) is 20.4. The van der Waals surface area contributed by atoms with E-state index in [1.165, 1.54) is 0 Å². The molecule has 0 fully saturated rings. The molecule has 2 aromatic rings. The van der Waals surface area contributed by atoms with Crippen LogP contribution in [0.1, 0.15) is 36.8 Å². The Morgan fingerprint density at radius 3 is 1.76 bits per heavy atom. The van der Waals surface area contributed by atoms with E-state index in [0.29, 0.717) is 6.54 Å². The number of aliphatic hydroxyl groups excluding tert-OH is 1. The summed E-state index contributed by atoms with van der Waals surface area (Å²) in [5, 5.41) is 10.9. The number of hydrogen-bond donors (Lipinski definition) is 2. The maximum atomic E-state index is 10.9. The first-order chi connectivity index (χ1) is 10.3. The van der Waals surface area contributed by atoms with Crippen LogP contribution < -0.4 is 5.73 Å². The Morgan fingerprint density at radius 1 is 0.905 bits per heavy atom. The highest BCUT2D eigenvalue weighted by Gasteiger charge is 2.28. The summed E-state index contributed by atoms with van der Waals surface area (Å²) in [5.41, 5.74) is 8.18. The largest absolute Gasteiger partial charge is 0.392 e. The fraction of sp³-hybridized carbons (Fsp3) is 0.368. The van der Waals surface area contributed by atoms with Crippen molar-refractivity contribution in [3.05, 3.63) is 71.8 Å². The van der Waals surface area contributed by atoms with Crippen molar-refractivity contribution < 1.29 is 5.11 Å². The normalized spacial score (nSPS) is 14.1. The molecule has 2 atom stereocenters. The number of rotatable bonds is 7. The highest BCUT2D eigenvalue weighted by molar-refractivity contribution is 5.34. The minimum Gasteiger partial charge on any atom is -0.392 e. The minimum atomic E-state index is -0.459. The molecule has 0 radical (unpaired) electrons. The van der Waals surface area contributed by atoms with Gasteiger partial charge in [0.1, 0.15) is 0 Å². The Labute approximate surface area is 127 Å². The molecule has 0 aliphatic heterocycles. The lowest BCUT2D eigenvalue weighted by Gasteiger charge is -2.30. The van der Waals surface area contributed by atoms with E-state index in [9.17, 15) is 5.11 Å². The molecule has 3 N–H and O–H groups in total. The van der Waals surface area contributed by atoms with Crippen LogP contribution in [0.4, 0.5) is 0 Å². The molecule has 2 aromatic carbocycles. The number of aliphatic hydroxyl groups is 1. The second-order valence-corrected chi connectivity index (χ2v) is 5.57. The maximum absolute atomic E-state index is 10.9. The molecule has 2 nitrogen and oxygen atoms in total. The van der Waals surface area contributed by atoms with E-state index in [4.69, 9.17) is 5.73 Å². The molecule has 2 rings (SSSR count). The molecule has 0 aliphatic rings. The summed E-state index contributed by atoms with van der Waals surface area (Å²) in [7, 11) is 0. The van der Waals surface area contributed by atoms with Gasteiger partial charge in [-0.1, -0.05) is 74.0 Å². The first-order valence-corrected chi connectivity index (χ1v) is 7.76. The summed E-state index contributed by atoms with van der Waals surface area (Å²) < 4.78 is 0. The molecule has 0 aromatic heterocycles. The Morgan fingerprint density at radius 2 is 1.38 bits per heavy atom. The van der Waals surface area contributed by atoms with Gasteiger partial charge in [-0.3, -0.25) is 0 Å². The van der Waals surface area contributed by atoms with Gasteiger partial charge < -0.3 is 10.8 Å². The molecule has 2 unspecified atom stereocenters. The van der Waals surface area contributed by atoms with Crippen LogP contribution in [0.3, 0.4) is 0 Å². The molecule has 112 valence electrons. The fourth-order valence-electron chi connectivity index (χ4n) is 2.98. The standard InChI is InChI=1S/C19H25NO/c1-2-9-17(14-20)19(21)18(15-10-5-3-6-11-15)16-12-7-4-8-13-16/h3-8,10-13,17-19,21H,2,9,14,20H2,1H3. The smallest absolute Gasteiger partial charge is 0.0689 e. The summed E-state index contributed by atoms with van der Waals surface area (Å²) >= 11 is 0. The van der Waals surface area contributed by atoms with Crippen LogP contribution in [0.5, 0.6) is 0 Å². The van der Waals surface area contributed by atoms with Crippen molar-refractivity contribution >= 4 is 0 Å². The topological polar surface area (TPSA) is 46.2 Å². The monoisotopic (exact) mass is 283 g/mol. The van der Waals surface area contributed by atoms with Crippen LogP contribution >= 0.6 is 0 Å². The van der Waals surface area contributed by atoms with Crippen molar-refractivity contribution in [2.45, 2.75) is 31.8 Å². The van der Waals surface area contributed by atoms with Crippen molar-refractivity contribution in [3.8, 4) is 0 Å². The van der Waals surface area contributed by atoms with Crippen LogP contribution in [0.15, 0.2) is 60.7 Å². The van der Waals surface area contributed by atoms with Crippen LogP contribution in [0, 0.1) is 5.92 Å². The third-order valence-corrected chi connectivity index (χ3v) is 4.10. The molecule has 0 saturated carbocycles. The second kappa shape index (κ2) is 7.96. The van der Waals surface area contributed by atoms with E-state index < -0.39 is 6.10 Å². The SMILES string of the molecule is CCCC(CN)C(O)C(c1ccccc1)c1ccccc1. The lowest BCUT2D eigenvalue weighted by atomic mass is 9.79. The first-order valence-electron chi connectivity index (χ1n) is 7.76. The van der Waals surface area contributed by atoms with Crippen LogP contribution in [0.25, 0.3) is 0 Å². The van der Waals surface area contributed by atoms with Crippen molar-refractivity contribution in [1.29, 1.82) is 0 Å². The van der Waals surface area contributed by atoms with Crippen molar-refractivity contribution in [2.24, 2.45) is 11.7 Å². The Balaban J connectivity index is 2.37. The highest BCUT2D eigenvalue weighted by Crippen LogP contribution is 2.32. The first kappa shape index (κ1) is 15.7. The average Bonchev–Trinajstić information content (AvgIpc) is 2.55. The molecular formula is C19H25NO. The molecule has 0 heterocycles. The molecule has 21 heavy (non-hydrogen) atoms. The number of hydrogen-bond acceptors (Lipinski definition) is 2. The van der Waals surface area contributed by atoms with Gasteiger partial charge in [-0.25, -0.2) is 0 Å². The lowest BCUT2D eigenvalue weighted by molar-refractivity contribution is 0.0902. The molecule has 0 saturated heterocycles. The van der Waals surface area contributed by atoms with E-state index in [-0.39, 0.29) is 11.8 Å². The maximum Gasteiger partial charge on any atom is 0.0689 e. The van der Waals surface area contributed by atoms with E-state index in [0.717, 1.165) is 24.0 Å². The zero-order chi connectivity index (χ0) is 15.1. The zero-order valence-corrected chi connectivity index (χ0v) is 12.7. The van der Waals surface area contributed by atoms with E-state index in [1.54, 1.807) is 0 Å². The van der Waals surface area contributed by atoms with Gasteiger partial charge in [-0.2, -0.15) is 0 Å². The highest BCUT2D eigenvalue weighted by atomic mass is 16.3. The van der Waals surface area contributed by atoms with Crippen molar-refractivity contribution in [1.82, 2.24) is 0 Å². The average molecular weight is 283 g/mol. The van der Waals surface area contributed by atoms with Crippen LogP contribution in [0.2, 0.25) is 0 Å². The Bertz CT molecular complexity index is 472. The molecule has 0 aliphatic carbocycles. The molecule has 0 amide bonds. The Hall–Kier alpha value is -1.64. The second-order valence-electron chi connectivity index (χ2n) is 5.57. The summed E-state index contributed by atoms with van der Waals surface area (Å²) in [6.45, 7) is 2.65. The Kier molecular flexibility index (Phi) is 5.97. The van der Waals surface area contributed by atoms with Gasteiger partial charge in [0.25, 0.3) is 0 Å². The van der Waals surface area contributed by atoms with Gasteiger partial charge in [0, 0.05) is 5.92 Å². The third-order valence-electron chi connectivity index (χ3n) is 4.10. The van der Waals surface area contributed by atoms with Crippen LogP contribution in [-0.2, 0) is 0 Å². The summed E-state index contributed by atoms with van der Waals surface area (Å²) in [5.74, 6) is 0.105. The minimum absolute atomic E-state index is 0.0208. The van der Waals surface area contributed by atoms with Crippen molar-refractivity contribution in [3.63, 3.8) is 0 Å². The van der Waals surface area contributed by atoms with Gasteiger partial charge in [0.15, 0.2) is 0 Å². The van der Waals surface area contributed by atoms with E-state index in [2.05, 4.69) is 31.2 Å². The lowest BCUT2D eigenvalue weighted by Crippen LogP contribution is -2.33. The molecular weight excluding hydrogens is 258 g/mol. The predicted molar refractivity (Wildman–Crippen MR) is 88.2 cm³/mol. The van der Waals surface area contributed by atoms with E-state index >= 15 is 0 Å². The van der Waals surface area contributed by atoms with Crippen LogP contribution in [-0.4, -0.2) is 17.8 Å². The van der Waals surface area contributed by atoms with Gasteiger partial charge in [0.05, 0.1) is 6.10 Å². The zero-order valence-electron chi connectivity index (χ0n) is 12.7. The molecule has 2 heteroatoms. The summed E-state index contributed by atoms with van der Waals surface area (Å²) in [6.07, 6.45) is 1.53.